The van der Waals surface area contributed by atoms with E-state index < -0.39 is 5.97 Å². The summed E-state index contributed by atoms with van der Waals surface area (Å²) in [7, 11) is 0. The minimum absolute atomic E-state index is 0.455. The summed E-state index contributed by atoms with van der Waals surface area (Å²) in [5.41, 5.74) is 0.455. The Morgan fingerprint density at radius 1 is 1.20 bits per heavy atom. The van der Waals surface area contributed by atoms with Gasteiger partial charge in [-0.25, -0.2) is 4.79 Å². The Labute approximate surface area is 93.0 Å². The molecule has 0 aromatic rings. The van der Waals surface area contributed by atoms with Crippen molar-refractivity contribution in [3.63, 3.8) is 0 Å². The third kappa shape index (κ3) is 4.47. The maximum atomic E-state index is 10.6. The Hall–Kier alpha value is -0.830. The smallest absolute Gasteiger partial charge is 0.330 e. The first-order valence-electron chi connectivity index (χ1n) is 5.76. The molecule has 15 heavy (non-hydrogen) atoms. The normalized spacial score (nSPS) is 12.9. The SMILES string of the molecule is CC[N+](CC)(CC)CCC=C(C)C(=O)O. The number of quaternary nitrogens is 1. The zero-order chi connectivity index (χ0) is 11.9. The van der Waals surface area contributed by atoms with E-state index in [4.69, 9.17) is 5.11 Å². The maximum absolute atomic E-state index is 10.6. The molecule has 0 aromatic carbocycles. The van der Waals surface area contributed by atoms with Crippen LogP contribution in [-0.2, 0) is 4.79 Å². The average molecular weight is 214 g/mol. The van der Waals surface area contributed by atoms with E-state index in [0.29, 0.717) is 5.57 Å². The summed E-state index contributed by atoms with van der Waals surface area (Å²) in [5.74, 6) is -0.808. The minimum Gasteiger partial charge on any atom is -0.478 e. The molecule has 0 aliphatic rings. The van der Waals surface area contributed by atoms with E-state index in [9.17, 15) is 4.79 Å². The lowest BCUT2D eigenvalue weighted by Gasteiger charge is -2.35. The molecule has 3 nitrogen and oxygen atoms in total. The summed E-state index contributed by atoms with van der Waals surface area (Å²) in [5, 5.41) is 8.71. The molecule has 0 radical (unpaired) electrons. The van der Waals surface area contributed by atoms with E-state index in [1.807, 2.05) is 6.08 Å². The fraction of sp³-hybridized carbons (Fsp3) is 0.750. The van der Waals surface area contributed by atoms with Gasteiger partial charge in [-0.15, -0.1) is 0 Å². The third-order valence-electron chi connectivity index (χ3n) is 3.40. The first kappa shape index (κ1) is 14.2. The first-order chi connectivity index (χ1) is 7.01. The summed E-state index contributed by atoms with van der Waals surface area (Å²) >= 11 is 0. The van der Waals surface area contributed by atoms with Crippen LogP contribution in [0.2, 0.25) is 0 Å². The molecule has 0 unspecified atom stereocenters. The van der Waals surface area contributed by atoms with Crippen molar-refractivity contribution in [2.75, 3.05) is 26.2 Å². The van der Waals surface area contributed by atoms with Crippen LogP contribution in [0.25, 0.3) is 0 Å². The van der Waals surface area contributed by atoms with Crippen LogP contribution >= 0.6 is 0 Å². The van der Waals surface area contributed by atoms with Crippen molar-refractivity contribution in [2.24, 2.45) is 0 Å². The molecule has 88 valence electrons. The van der Waals surface area contributed by atoms with Crippen LogP contribution in [0.4, 0.5) is 0 Å². The van der Waals surface area contributed by atoms with Crippen molar-refractivity contribution in [2.45, 2.75) is 34.1 Å². The largest absolute Gasteiger partial charge is 0.478 e. The highest BCUT2D eigenvalue weighted by Gasteiger charge is 2.19. The number of hydrogen-bond donors (Lipinski definition) is 1. The molecule has 0 aliphatic carbocycles. The van der Waals surface area contributed by atoms with Crippen molar-refractivity contribution in [3.05, 3.63) is 11.6 Å². The number of carbonyl (C=O) groups is 1. The van der Waals surface area contributed by atoms with E-state index in [-0.39, 0.29) is 0 Å². The Morgan fingerprint density at radius 2 is 1.67 bits per heavy atom. The minimum atomic E-state index is -0.808. The molecular formula is C12H24NO2+. The Balaban J connectivity index is 4.23. The predicted molar refractivity (Wildman–Crippen MR) is 62.8 cm³/mol. The molecule has 0 aromatic heterocycles. The average Bonchev–Trinajstić information content (AvgIpc) is 2.24. The van der Waals surface area contributed by atoms with Gasteiger partial charge >= 0.3 is 5.97 Å². The van der Waals surface area contributed by atoms with Crippen molar-refractivity contribution < 1.29 is 14.4 Å². The molecule has 0 aliphatic heterocycles. The highest BCUT2D eigenvalue weighted by Crippen LogP contribution is 2.08. The first-order valence-corrected chi connectivity index (χ1v) is 5.76. The Morgan fingerprint density at radius 3 is 2.00 bits per heavy atom. The second-order valence-corrected chi connectivity index (χ2v) is 3.99. The van der Waals surface area contributed by atoms with Gasteiger partial charge in [0.15, 0.2) is 0 Å². The Kier molecular flexibility index (Phi) is 6.25. The topological polar surface area (TPSA) is 37.3 Å². The zero-order valence-corrected chi connectivity index (χ0v) is 10.4. The van der Waals surface area contributed by atoms with Crippen LogP contribution in [0, 0.1) is 0 Å². The zero-order valence-electron chi connectivity index (χ0n) is 10.4. The number of rotatable bonds is 7. The molecular weight excluding hydrogens is 190 g/mol. The van der Waals surface area contributed by atoms with Crippen LogP contribution in [0.1, 0.15) is 34.1 Å². The standard InChI is InChI=1S/C12H23NO2/c1-5-13(6-2,7-3)10-8-9-11(4)12(14)15/h9H,5-8,10H2,1-4H3/p+1. The van der Waals surface area contributed by atoms with E-state index in [1.165, 1.54) is 0 Å². The molecule has 0 heterocycles. The highest BCUT2D eigenvalue weighted by molar-refractivity contribution is 5.85. The Bertz CT molecular complexity index is 222. The van der Waals surface area contributed by atoms with Crippen LogP contribution in [-0.4, -0.2) is 41.7 Å². The molecule has 0 bridgehead atoms. The van der Waals surface area contributed by atoms with Crippen molar-refractivity contribution in [1.29, 1.82) is 0 Å². The molecule has 0 saturated carbocycles. The van der Waals surface area contributed by atoms with Gasteiger partial charge in [-0.1, -0.05) is 6.08 Å². The van der Waals surface area contributed by atoms with Crippen LogP contribution in [0.5, 0.6) is 0 Å². The number of hydrogen-bond acceptors (Lipinski definition) is 1. The van der Waals surface area contributed by atoms with Crippen molar-refractivity contribution in [3.8, 4) is 0 Å². The maximum Gasteiger partial charge on any atom is 0.330 e. The quantitative estimate of drug-likeness (QED) is 0.521. The van der Waals surface area contributed by atoms with Gasteiger partial charge in [0.1, 0.15) is 0 Å². The molecule has 0 amide bonds. The third-order valence-corrected chi connectivity index (χ3v) is 3.40. The number of carboxylic acid groups (broad SMARTS) is 1. The molecule has 0 spiro atoms. The highest BCUT2D eigenvalue weighted by atomic mass is 16.4. The fourth-order valence-electron chi connectivity index (χ4n) is 1.79. The van der Waals surface area contributed by atoms with E-state index in [1.54, 1.807) is 6.92 Å². The molecule has 0 rings (SSSR count). The second-order valence-electron chi connectivity index (χ2n) is 3.99. The van der Waals surface area contributed by atoms with Gasteiger partial charge in [0.05, 0.1) is 26.2 Å². The van der Waals surface area contributed by atoms with Crippen molar-refractivity contribution >= 4 is 5.97 Å². The van der Waals surface area contributed by atoms with Crippen molar-refractivity contribution in [1.82, 2.24) is 0 Å². The fourth-order valence-corrected chi connectivity index (χ4v) is 1.79. The number of carboxylic acids is 1. The van der Waals surface area contributed by atoms with E-state index >= 15 is 0 Å². The summed E-state index contributed by atoms with van der Waals surface area (Å²) in [4.78, 5) is 10.6. The second kappa shape index (κ2) is 6.62. The van der Waals surface area contributed by atoms with Gasteiger partial charge in [-0.2, -0.15) is 0 Å². The predicted octanol–water partition coefficient (Wildman–Crippen LogP) is 2.28. The van der Waals surface area contributed by atoms with Crippen LogP contribution in [0.3, 0.4) is 0 Å². The molecule has 0 saturated heterocycles. The van der Waals surface area contributed by atoms with E-state index in [0.717, 1.165) is 37.1 Å². The summed E-state index contributed by atoms with van der Waals surface area (Å²) < 4.78 is 1.07. The summed E-state index contributed by atoms with van der Waals surface area (Å²) in [6.45, 7) is 12.6. The molecule has 1 N–H and O–H groups in total. The lowest BCUT2D eigenvalue weighted by atomic mass is 10.2. The number of aliphatic carboxylic acids is 1. The van der Waals surface area contributed by atoms with Gasteiger partial charge in [0.25, 0.3) is 0 Å². The van der Waals surface area contributed by atoms with Gasteiger partial charge in [0, 0.05) is 12.0 Å². The van der Waals surface area contributed by atoms with Gasteiger partial charge in [-0.05, 0) is 27.7 Å². The lowest BCUT2D eigenvalue weighted by Crippen LogP contribution is -2.48. The molecule has 0 fully saturated rings. The van der Waals surface area contributed by atoms with Crippen LogP contribution < -0.4 is 0 Å². The molecule has 0 atom stereocenters. The van der Waals surface area contributed by atoms with Gasteiger partial charge in [-0.3, -0.25) is 0 Å². The number of nitrogens with zero attached hydrogens (tertiary/aromatic N) is 1. The van der Waals surface area contributed by atoms with Gasteiger partial charge < -0.3 is 9.59 Å². The van der Waals surface area contributed by atoms with E-state index in [2.05, 4.69) is 20.8 Å². The summed E-state index contributed by atoms with van der Waals surface area (Å²) in [6, 6.07) is 0. The molecule has 3 heteroatoms. The monoisotopic (exact) mass is 214 g/mol. The lowest BCUT2D eigenvalue weighted by molar-refractivity contribution is -0.922. The summed E-state index contributed by atoms with van der Waals surface area (Å²) in [6.07, 6.45) is 2.68. The van der Waals surface area contributed by atoms with Gasteiger partial charge in [0.2, 0.25) is 0 Å². The van der Waals surface area contributed by atoms with Crippen LogP contribution in [0.15, 0.2) is 11.6 Å².